The maximum absolute atomic E-state index is 12.7. The summed E-state index contributed by atoms with van der Waals surface area (Å²) in [6.45, 7) is 12.7. The molecule has 6 aliphatic heterocycles. The van der Waals surface area contributed by atoms with Crippen molar-refractivity contribution >= 4 is 6.29 Å². The summed E-state index contributed by atoms with van der Waals surface area (Å²) in [4.78, 5) is 12.6. The minimum Gasteiger partial charge on any atom is -0.394 e. The first-order chi connectivity index (χ1) is 39.5. The van der Waals surface area contributed by atoms with Gasteiger partial charge in [0.2, 0.25) is 0 Å². The second kappa shape index (κ2) is 23.1. The number of rotatable bonds is 13. The van der Waals surface area contributed by atoms with Gasteiger partial charge in [-0.1, -0.05) is 41.5 Å². The normalized spacial score (nSPS) is 58.2. The SMILES string of the molecule is C[C@@H]1O[C@@H](O[C@H]2[C@H](O)[C@@H](CO)O[C@@H](O[C@H]3CO[C@@H](O[C@H]4CC[C@@]5(C)C(CC[C@]6(C)C5CC[C@]57OC[C@@]8(CC[C@](C)(C=O)C[C@H]85)[C@H](O)C[C@]76C)C4(C)C)[C@H](O[C@@H]4O[C@H](CO)[C@@H](O)[C@H](O)[C@H]4O)[C@H]3O)[C@@H]2O[C@@H]2OC[C@@H](O)[C@H](O)[C@H]2O)[C@H](O)[C@H](O)[C@H]1O. The molecule has 5 aliphatic carbocycles. The largest absolute Gasteiger partial charge is 0.394 e. The molecule has 0 aromatic carbocycles. The summed E-state index contributed by atoms with van der Waals surface area (Å²) < 4.78 is 68.9. The summed E-state index contributed by atoms with van der Waals surface area (Å²) in [5.74, 6) is 0.347. The number of carbonyl (C=O) groups excluding carboxylic acids is 1. The molecule has 6 heterocycles. The summed E-state index contributed by atoms with van der Waals surface area (Å²) in [5, 5.41) is 155. The maximum Gasteiger partial charge on any atom is 0.187 e. The van der Waals surface area contributed by atoms with E-state index in [4.69, 9.17) is 52.1 Å². The Bertz CT molecular complexity index is 2320. The van der Waals surface area contributed by atoms with E-state index >= 15 is 0 Å². The Morgan fingerprint density at radius 3 is 1.81 bits per heavy atom. The molecule has 11 aliphatic rings. The van der Waals surface area contributed by atoms with Gasteiger partial charge in [0.1, 0.15) is 110 Å². The molecule has 11 fully saturated rings. The second-order valence-electron chi connectivity index (χ2n) is 28.6. The van der Waals surface area contributed by atoms with Crippen LogP contribution in [0.2, 0.25) is 0 Å². The van der Waals surface area contributed by atoms with E-state index in [1.807, 2.05) is 0 Å². The van der Waals surface area contributed by atoms with Gasteiger partial charge in [-0.15, -0.1) is 0 Å². The number of carbonyl (C=O) groups is 1. The Kier molecular flexibility index (Phi) is 17.7. The molecule has 26 heteroatoms. The van der Waals surface area contributed by atoms with Gasteiger partial charge in [-0.2, -0.15) is 0 Å². The molecule has 84 heavy (non-hydrogen) atoms. The van der Waals surface area contributed by atoms with E-state index in [1.54, 1.807) is 0 Å². The van der Waals surface area contributed by atoms with Crippen molar-refractivity contribution in [3.8, 4) is 0 Å². The van der Waals surface area contributed by atoms with E-state index in [1.165, 1.54) is 6.92 Å². The highest BCUT2D eigenvalue weighted by molar-refractivity contribution is 5.59. The van der Waals surface area contributed by atoms with Crippen molar-refractivity contribution in [1.29, 1.82) is 0 Å². The van der Waals surface area contributed by atoms with Crippen LogP contribution in [0, 0.1) is 50.2 Å². The third-order valence-electron chi connectivity index (χ3n) is 24.0. The van der Waals surface area contributed by atoms with Gasteiger partial charge in [0.05, 0.1) is 56.9 Å². The third-order valence-corrected chi connectivity index (χ3v) is 24.0. The van der Waals surface area contributed by atoms with Crippen molar-refractivity contribution in [1.82, 2.24) is 0 Å². The number of aliphatic hydroxyl groups is 14. The van der Waals surface area contributed by atoms with Crippen LogP contribution in [0.15, 0.2) is 0 Å². The first-order valence-electron chi connectivity index (χ1n) is 30.5. The zero-order valence-electron chi connectivity index (χ0n) is 49.0. The minimum absolute atomic E-state index is 0.0469. The van der Waals surface area contributed by atoms with Crippen molar-refractivity contribution in [2.24, 2.45) is 50.2 Å². The van der Waals surface area contributed by atoms with Crippen LogP contribution in [0.4, 0.5) is 0 Å². The van der Waals surface area contributed by atoms with Gasteiger partial charge in [0.25, 0.3) is 0 Å². The lowest BCUT2D eigenvalue weighted by Gasteiger charge is -2.75. The zero-order chi connectivity index (χ0) is 60.8. The average molecular weight is 1210 g/mol. The zero-order valence-corrected chi connectivity index (χ0v) is 49.0. The van der Waals surface area contributed by atoms with Gasteiger partial charge in [0, 0.05) is 16.2 Å². The summed E-state index contributed by atoms with van der Waals surface area (Å²) >= 11 is 0. The lowest BCUT2D eigenvalue weighted by molar-refractivity contribution is -0.404. The minimum atomic E-state index is -1.94. The maximum atomic E-state index is 12.7. The molecule has 0 aromatic heterocycles. The molecule has 14 N–H and O–H groups in total. The smallest absolute Gasteiger partial charge is 0.187 e. The van der Waals surface area contributed by atoms with Crippen molar-refractivity contribution in [2.45, 2.75) is 272 Å². The fraction of sp³-hybridized carbons (Fsp3) is 0.983. The molecule has 34 atom stereocenters. The molecule has 2 unspecified atom stereocenters. The molecule has 0 radical (unpaired) electrons. The fourth-order valence-electron chi connectivity index (χ4n) is 18.8. The van der Waals surface area contributed by atoms with Gasteiger partial charge in [-0.25, -0.2) is 0 Å². The van der Waals surface area contributed by atoms with Crippen molar-refractivity contribution < 1.29 is 128 Å². The van der Waals surface area contributed by atoms with Crippen LogP contribution in [0.3, 0.4) is 0 Å². The van der Waals surface area contributed by atoms with Crippen molar-refractivity contribution in [3.63, 3.8) is 0 Å². The average Bonchev–Trinajstić information content (AvgIpc) is 1.28. The van der Waals surface area contributed by atoms with Crippen LogP contribution in [0.1, 0.15) is 113 Å². The fourth-order valence-corrected chi connectivity index (χ4v) is 18.8. The molecule has 0 aromatic rings. The van der Waals surface area contributed by atoms with E-state index in [2.05, 4.69) is 41.5 Å². The van der Waals surface area contributed by atoms with Crippen molar-refractivity contribution in [2.75, 3.05) is 33.0 Å². The predicted molar refractivity (Wildman–Crippen MR) is 282 cm³/mol. The summed E-state index contributed by atoms with van der Waals surface area (Å²) in [7, 11) is 0. The molecular formula is C58H94O26. The standard InChI is InChI=1S/C58H94O26/c1-24-34(64)39(69)42(72)48(77-24)82-44-37(67)27(19-60)79-51(46(44)84-47-41(71)35(65)25(62)20-74-47)80-28-21-75-50(45(38(28)68)83-49-43(73)40(70)36(66)26(18-59)78-49)81-33-10-11-54(5)29(52(33,2)3)8-12-55(6)30(54)9-13-58-31-16-53(4,22-61)14-15-57(31,23-76-58)32(63)17-56(55,58)7/h22,24-51,59-60,62-73H,8-21,23H2,1-7H3/t24-,25+,26+,27+,28-,29?,30?,31+,32+,33-,34-,35-,36+,37+,38-,39+,40-,41+,42+,43+,44-,45+,46+,47-,48-,49-,50-,51-,53-,54-,55+,56-,57+,58-/m0/s1. The second-order valence-corrected chi connectivity index (χ2v) is 28.6. The molecule has 6 saturated heterocycles. The third kappa shape index (κ3) is 9.88. The highest BCUT2D eigenvalue weighted by Crippen LogP contribution is 2.80. The summed E-state index contributed by atoms with van der Waals surface area (Å²) in [5.41, 5.74) is -2.81. The van der Waals surface area contributed by atoms with Crippen LogP contribution < -0.4 is 0 Å². The Morgan fingerprint density at radius 1 is 0.512 bits per heavy atom. The number of hydrogen-bond acceptors (Lipinski definition) is 26. The van der Waals surface area contributed by atoms with Gasteiger partial charge in [0.15, 0.2) is 31.5 Å². The first-order valence-corrected chi connectivity index (χ1v) is 30.5. The Hall–Kier alpha value is -1.33. The Balaban J connectivity index is 0.866. The quantitative estimate of drug-likeness (QED) is 0.0644. The van der Waals surface area contributed by atoms with Crippen LogP contribution >= 0.6 is 0 Å². The molecule has 482 valence electrons. The highest BCUT2D eigenvalue weighted by Gasteiger charge is 2.80. The number of ether oxygens (including phenoxy) is 11. The topological polar surface area (TPSA) is 402 Å². The van der Waals surface area contributed by atoms with Crippen LogP contribution in [0.25, 0.3) is 0 Å². The van der Waals surface area contributed by atoms with Crippen molar-refractivity contribution in [3.05, 3.63) is 0 Å². The predicted octanol–water partition coefficient (Wildman–Crippen LogP) is -3.04. The van der Waals surface area contributed by atoms with Crippen LogP contribution in [-0.2, 0) is 56.9 Å². The van der Waals surface area contributed by atoms with Gasteiger partial charge >= 0.3 is 0 Å². The van der Waals surface area contributed by atoms with Gasteiger partial charge in [-0.05, 0) is 105 Å². The molecule has 2 bridgehead atoms. The molecule has 0 amide bonds. The number of aldehydes is 1. The molecule has 26 nitrogen and oxygen atoms in total. The Labute approximate surface area is 488 Å². The van der Waals surface area contributed by atoms with Gasteiger partial charge < -0.3 is 128 Å². The summed E-state index contributed by atoms with van der Waals surface area (Å²) in [6.07, 6.45) is -32.2. The molecule has 1 spiro atoms. The number of fused-ring (bicyclic) bond motifs is 4. The lowest BCUT2D eigenvalue weighted by atomic mass is 9.30. The van der Waals surface area contributed by atoms with Crippen LogP contribution in [-0.4, -0.2) is 270 Å². The summed E-state index contributed by atoms with van der Waals surface area (Å²) in [6, 6.07) is 0. The highest BCUT2D eigenvalue weighted by atomic mass is 16.8. The van der Waals surface area contributed by atoms with E-state index < -0.39 is 202 Å². The van der Waals surface area contributed by atoms with E-state index in [9.17, 15) is 76.3 Å². The van der Waals surface area contributed by atoms with E-state index in [0.29, 0.717) is 25.9 Å². The molecular weight excluding hydrogens is 1110 g/mol. The molecule has 5 saturated carbocycles. The number of aliphatic hydroxyl groups excluding tert-OH is 14. The monoisotopic (exact) mass is 1210 g/mol. The number of hydrogen-bond donors (Lipinski definition) is 14. The van der Waals surface area contributed by atoms with E-state index in [-0.39, 0.29) is 34.0 Å². The first kappa shape index (κ1) is 64.2. The Morgan fingerprint density at radius 2 is 1.12 bits per heavy atom. The van der Waals surface area contributed by atoms with E-state index in [0.717, 1.165) is 51.2 Å². The lowest BCUT2D eigenvalue weighted by Crippen LogP contribution is -2.74. The van der Waals surface area contributed by atoms with Crippen LogP contribution in [0.5, 0.6) is 0 Å². The van der Waals surface area contributed by atoms with Gasteiger partial charge in [-0.3, -0.25) is 0 Å². The molecule has 11 rings (SSSR count).